The Hall–Kier alpha value is -2.14. The van der Waals surface area contributed by atoms with Crippen LogP contribution >= 0.6 is 0 Å². The van der Waals surface area contributed by atoms with Crippen LogP contribution in [-0.4, -0.2) is 17.6 Å². The minimum absolute atomic E-state index is 0.255. The molecule has 108 valence electrons. The molecular formula is C16H16N2O2S. The predicted octanol–water partition coefficient (Wildman–Crippen LogP) is 3.20. The molecule has 1 heterocycles. The van der Waals surface area contributed by atoms with Crippen molar-refractivity contribution in [3.05, 3.63) is 59.4 Å². The smallest absolute Gasteiger partial charge is 0.199 e. The highest BCUT2D eigenvalue weighted by Crippen LogP contribution is 2.22. The van der Waals surface area contributed by atoms with Crippen LogP contribution < -0.4 is 0 Å². The van der Waals surface area contributed by atoms with Gasteiger partial charge in [0.05, 0.1) is 16.3 Å². The van der Waals surface area contributed by atoms with Crippen LogP contribution in [0.3, 0.4) is 0 Å². The van der Waals surface area contributed by atoms with Crippen LogP contribution in [0.25, 0.3) is 10.8 Å². The summed E-state index contributed by atoms with van der Waals surface area (Å²) in [5.41, 5.74) is 2.45. The van der Waals surface area contributed by atoms with Crippen molar-refractivity contribution in [3.63, 3.8) is 0 Å². The monoisotopic (exact) mass is 300 g/mol. The van der Waals surface area contributed by atoms with E-state index in [0.29, 0.717) is 11.4 Å². The second-order valence-corrected chi connectivity index (χ2v) is 7.05. The first-order valence-electron chi connectivity index (χ1n) is 6.67. The first-order valence-corrected chi connectivity index (χ1v) is 8.11. The lowest BCUT2D eigenvalue weighted by molar-refractivity contribution is 0.578. The number of benzene rings is 2. The van der Waals surface area contributed by atoms with E-state index in [2.05, 4.69) is 5.10 Å². The maximum Gasteiger partial charge on any atom is 0.283 e. The summed E-state index contributed by atoms with van der Waals surface area (Å²) in [7, 11) is -3.64. The van der Waals surface area contributed by atoms with Gasteiger partial charge in [0.2, 0.25) is 0 Å². The first kappa shape index (κ1) is 13.8. The molecule has 0 saturated heterocycles. The molecule has 1 aromatic heterocycles. The minimum atomic E-state index is -3.64. The fourth-order valence-corrected chi connectivity index (χ4v) is 3.84. The lowest BCUT2D eigenvalue weighted by atomic mass is 10.1. The van der Waals surface area contributed by atoms with E-state index in [9.17, 15) is 8.42 Å². The molecule has 0 atom stereocenters. The Labute approximate surface area is 124 Å². The van der Waals surface area contributed by atoms with E-state index in [-0.39, 0.29) is 4.90 Å². The maximum atomic E-state index is 12.7. The number of rotatable bonds is 2. The fourth-order valence-electron chi connectivity index (χ4n) is 2.46. The number of hydrogen-bond acceptors (Lipinski definition) is 3. The molecule has 0 amide bonds. The molecular weight excluding hydrogens is 284 g/mol. The number of nitrogens with zero attached hydrogens (tertiary/aromatic N) is 2. The van der Waals surface area contributed by atoms with Crippen LogP contribution in [0.15, 0.2) is 47.4 Å². The Morgan fingerprint density at radius 1 is 0.905 bits per heavy atom. The molecule has 21 heavy (non-hydrogen) atoms. The summed E-state index contributed by atoms with van der Waals surface area (Å²) in [6.07, 6.45) is 0. The summed E-state index contributed by atoms with van der Waals surface area (Å²) < 4.78 is 26.5. The van der Waals surface area contributed by atoms with E-state index >= 15 is 0 Å². The van der Waals surface area contributed by atoms with E-state index in [0.717, 1.165) is 20.4 Å². The van der Waals surface area contributed by atoms with Crippen LogP contribution in [-0.2, 0) is 10.0 Å². The average molecular weight is 300 g/mol. The highest BCUT2D eigenvalue weighted by atomic mass is 32.2. The zero-order chi connectivity index (χ0) is 15.2. The van der Waals surface area contributed by atoms with Gasteiger partial charge in [0.1, 0.15) is 0 Å². The van der Waals surface area contributed by atoms with Crippen molar-refractivity contribution >= 4 is 20.8 Å². The lowest BCUT2D eigenvalue weighted by Gasteiger charge is -2.08. The molecule has 0 spiro atoms. The van der Waals surface area contributed by atoms with Gasteiger partial charge in [-0.15, -0.1) is 0 Å². The third kappa shape index (κ3) is 2.34. The summed E-state index contributed by atoms with van der Waals surface area (Å²) in [5.74, 6) is 0. The van der Waals surface area contributed by atoms with E-state index in [4.69, 9.17) is 0 Å². The third-order valence-corrected chi connectivity index (χ3v) is 5.14. The normalized spacial score (nSPS) is 12.0. The van der Waals surface area contributed by atoms with Crippen molar-refractivity contribution in [3.8, 4) is 0 Å². The third-order valence-electron chi connectivity index (χ3n) is 3.46. The van der Waals surface area contributed by atoms with Gasteiger partial charge in [0.25, 0.3) is 10.0 Å². The molecule has 3 aromatic rings. The molecule has 0 unspecified atom stereocenters. The van der Waals surface area contributed by atoms with Gasteiger partial charge in [-0.05, 0) is 49.7 Å². The predicted molar refractivity (Wildman–Crippen MR) is 83.0 cm³/mol. The molecule has 0 bridgehead atoms. The van der Waals surface area contributed by atoms with Gasteiger partial charge in [0.15, 0.2) is 0 Å². The number of hydrogen-bond donors (Lipinski definition) is 0. The van der Waals surface area contributed by atoms with Crippen LogP contribution in [0.4, 0.5) is 0 Å². The summed E-state index contributed by atoms with van der Waals surface area (Å²) in [4.78, 5) is 0.255. The Morgan fingerprint density at radius 3 is 2.24 bits per heavy atom. The van der Waals surface area contributed by atoms with Gasteiger partial charge < -0.3 is 0 Å². The molecule has 0 aliphatic heterocycles. The number of aromatic nitrogens is 2. The first-order chi connectivity index (χ1) is 9.88. The van der Waals surface area contributed by atoms with Crippen molar-refractivity contribution in [2.45, 2.75) is 25.7 Å². The number of aryl methyl sites for hydroxylation is 3. The molecule has 0 radical (unpaired) electrons. The Morgan fingerprint density at radius 2 is 1.57 bits per heavy atom. The summed E-state index contributed by atoms with van der Waals surface area (Å²) in [6.45, 7) is 5.53. The Balaban J connectivity index is 2.19. The van der Waals surface area contributed by atoms with Crippen molar-refractivity contribution in [1.29, 1.82) is 0 Å². The van der Waals surface area contributed by atoms with Gasteiger partial charge in [-0.2, -0.15) is 17.6 Å². The minimum Gasteiger partial charge on any atom is -0.199 e. The van der Waals surface area contributed by atoms with Crippen molar-refractivity contribution in [2.75, 3.05) is 0 Å². The highest BCUT2D eigenvalue weighted by Gasteiger charge is 2.20. The van der Waals surface area contributed by atoms with E-state index in [1.54, 1.807) is 32.0 Å². The van der Waals surface area contributed by atoms with E-state index in [1.165, 1.54) is 0 Å². The van der Waals surface area contributed by atoms with Crippen LogP contribution in [0.5, 0.6) is 0 Å². The highest BCUT2D eigenvalue weighted by molar-refractivity contribution is 7.89. The summed E-state index contributed by atoms with van der Waals surface area (Å²) in [5, 5.41) is 6.02. The van der Waals surface area contributed by atoms with E-state index < -0.39 is 10.0 Å². The van der Waals surface area contributed by atoms with E-state index in [1.807, 2.05) is 31.2 Å². The van der Waals surface area contributed by atoms with Gasteiger partial charge in [-0.25, -0.2) is 0 Å². The molecule has 2 aromatic carbocycles. The van der Waals surface area contributed by atoms with Crippen molar-refractivity contribution < 1.29 is 8.42 Å². The van der Waals surface area contributed by atoms with Crippen LogP contribution in [0.2, 0.25) is 0 Å². The molecule has 0 N–H and O–H groups in total. The van der Waals surface area contributed by atoms with Crippen LogP contribution in [0, 0.1) is 20.8 Å². The molecule has 3 rings (SSSR count). The summed E-state index contributed by atoms with van der Waals surface area (Å²) >= 11 is 0. The van der Waals surface area contributed by atoms with Crippen molar-refractivity contribution in [1.82, 2.24) is 9.19 Å². The van der Waals surface area contributed by atoms with Gasteiger partial charge >= 0.3 is 0 Å². The second kappa shape index (κ2) is 4.70. The fraction of sp³-hybridized carbons (Fsp3) is 0.188. The van der Waals surface area contributed by atoms with Gasteiger partial charge in [-0.1, -0.05) is 29.8 Å². The standard InChI is InChI=1S/C16H16N2O2S/c1-11-4-5-15-10-16(7-6-14(15)8-11)21(19,20)18-13(3)9-12(2)17-18/h4-10H,1-3H3. The maximum absolute atomic E-state index is 12.7. The molecule has 0 aliphatic rings. The molecule has 4 nitrogen and oxygen atoms in total. The second-order valence-electron chi connectivity index (χ2n) is 5.29. The largest absolute Gasteiger partial charge is 0.283 e. The average Bonchev–Trinajstić information content (AvgIpc) is 2.77. The Kier molecular flexibility index (Phi) is 3.10. The van der Waals surface area contributed by atoms with Crippen molar-refractivity contribution in [2.24, 2.45) is 0 Å². The van der Waals surface area contributed by atoms with Gasteiger partial charge in [-0.3, -0.25) is 0 Å². The topological polar surface area (TPSA) is 52.0 Å². The lowest BCUT2D eigenvalue weighted by Crippen LogP contribution is -2.16. The molecule has 0 aliphatic carbocycles. The van der Waals surface area contributed by atoms with Gasteiger partial charge in [0, 0.05) is 0 Å². The van der Waals surface area contributed by atoms with Crippen LogP contribution in [0.1, 0.15) is 17.0 Å². The summed E-state index contributed by atoms with van der Waals surface area (Å²) in [6, 6.07) is 12.9. The SMILES string of the molecule is Cc1ccc2cc(S(=O)(=O)n3nc(C)cc3C)ccc2c1. The molecule has 5 heteroatoms. The molecule has 0 fully saturated rings. The zero-order valence-electron chi connectivity index (χ0n) is 12.2. The quantitative estimate of drug-likeness (QED) is 0.730. The Bertz CT molecular complexity index is 940. The zero-order valence-corrected chi connectivity index (χ0v) is 13.0. The molecule has 0 saturated carbocycles. The number of fused-ring (bicyclic) bond motifs is 1.